The molecule has 3 rings (SSSR count). The second-order valence-electron chi connectivity index (χ2n) is 5.94. The van der Waals surface area contributed by atoms with Crippen LogP contribution in [0.3, 0.4) is 0 Å². The van der Waals surface area contributed by atoms with Crippen LogP contribution in [-0.4, -0.2) is 49.8 Å². The lowest BCUT2D eigenvalue weighted by Crippen LogP contribution is -2.43. The average Bonchev–Trinajstić information content (AvgIpc) is 2.68. The smallest absolute Gasteiger partial charge is 0.341 e. The summed E-state index contributed by atoms with van der Waals surface area (Å²) in [4.78, 5) is 25.1. The topological polar surface area (TPSA) is 90.9 Å². The number of carboxylic acid groups (broad SMARTS) is 1. The van der Waals surface area contributed by atoms with Crippen LogP contribution < -0.4 is 20.3 Å². The highest BCUT2D eigenvalue weighted by molar-refractivity contribution is 6.04. The summed E-state index contributed by atoms with van der Waals surface area (Å²) in [7, 11) is 0. The number of hydrogen-bond acceptors (Lipinski definition) is 5. The van der Waals surface area contributed by atoms with Gasteiger partial charge in [0.2, 0.25) is 0 Å². The minimum absolute atomic E-state index is 0.198. The molecule has 1 fully saturated rings. The Morgan fingerprint density at radius 2 is 1.69 bits per heavy atom. The van der Waals surface area contributed by atoms with Crippen LogP contribution in [0.15, 0.2) is 48.5 Å². The van der Waals surface area contributed by atoms with Gasteiger partial charge in [0.25, 0.3) is 5.91 Å². The number of carboxylic acids is 1. The van der Waals surface area contributed by atoms with Crippen LogP contribution in [0, 0.1) is 0 Å². The Balaban J connectivity index is 1.58. The Labute approximate surface area is 151 Å². The SMILES string of the molecule is O=C(O)COc1ccc(NC(=O)c2ccc(N3CCNCC3)cc2)cc1. The average molecular weight is 355 g/mol. The number of ether oxygens (including phenoxy) is 1. The number of nitrogens with zero attached hydrogens (tertiary/aromatic N) is 1. The van der Waals surface area contributed by atoms with Gasteiger partial charge in [-0.1, -0.05) is 0 Å². The van der Waals surface area contributed by atoms with Crippen molar-refractivity contribution in [1.29, 1.82) is 0 Å². The molecule has 0 spiro atoms. The fourth-order valence-corrected chi connectivity index (χ4v) is 2.73. The van der Waals surface area contributed by atoms with Gasteiger partial charge in [0, 0.05) is 43.1 Å². The summed E-state index contributed by atoms with van der Waals surface area (Å²) in [5.74, 6) is -0.798. The third-order valence-corrected chi connectivity index (χ3v) is 4.09. The number of amides is 1. The fourth-order valence-electron chi connectivity index (χ4n) is 2.73. The number of anilines is 2. The van der Waals surface area contributed by atoms with Crippen molar-refractivity contribution >= 4 is 23.3 Å². The predicted molar refractivity (Wildman–Crippen MR) is 99.1 cm³/mol. The third kappa shape index (κ3) is 4.73. The third-order valence-electron chi connectivity index (χ3n) is 4.09. The molecular formula is C19H21N3O4. The van der Waals surface area contributed by atoms with Crippen molar-refractivity contribution in [3.63, 3.8) is 0 Å². The van der Waals surface area contributed by atoms with E-state index in [9.17, 15) is 9.59 Å². The molecule has 0 saturated carbocycles. The fraction of sp³-hybridized carbons (Fsp3) is 0.263. The molecule has 0 aliphatic carbocycles. The van der Waals surface area contributed by atoms with E-state index < -0.39 is 12.6 Å². The van der Waals surface area contributed by atoms with E-state index in [4.69, 9.17) is 9.84 Å². The molecule has 26 heavy (non-hydrogen) atoms. The molecule has 2 aromatic rings. The summed E-state index contributed by atoms with van der Waals surface area (Å²) in [6.45, 7) is 3.46. The lowest BCUT2D eigenvalue weighted by molar-refractivity contribution is -0.139. The van der Waals surface area contributed by atoms with Gasteiger partial charge < -0.3 is 25.4 Å². The lowest BCUT2D eigenvalue weighted by atomic mass is 10.1. The first kappa shape index (κ1) is 17.8. The molecule has 7 nitrogen and oxygen atoms in total. The molecule has 0 bridgehead atoms. The molecule has 1 amide bonds. The maximum absolute atomic E-state index is 12.4. The number of carbonyl (C=O) groups is 2. The van der Waals surface area contributed by atoms with E-state index in [0.717, 1.165) is 31.9 Å². The summed E-state index contributed by atoms with van der Waals surface area (Å²) in [5.41, 5.74) is 2.31. The maximum Gasteiger partial charge on any atom is 0.341 e. The first-order valence-electron chi connectivity index (χ1n) is 8.43. The number of carbonyl (C=O) groups excluding carboxylic acids is 1. The zero-order valence-electron chi connectivity index (χ0n) is 14.3. The first-order valence-corrected chi connectivity index (χ1v) is 8.43. The lowest BCUT2D eigenvalue weighted by Gasteiger charge is -2.29. The van der Waals surface area contributed by atoms with Crippen LogP contribution >= 0.6 is 0 Å². The summed E-state index contributed by atoms with van der Waals surface area (Å²) in [6, 6.07) is 14.1. The van der Waals surface area contributed by atoms with Gasteiger partial charge in [0.05, 0.1) is 0 Å². The Kier molecular flexibility index (Phi) is 5.70. The first-order chi connectivity index (χ1) is 12.6. The number of aliphatic carboxylic acids is 1. The summed E-state index contributed by atoms with van der Waals surface area (Å²) in [5, 5.41) is 14.7. The number of nitrogens with one attached hydrogen (secondary N) is 2. The summed E-state index contributed by atoms with van der Waals surface area (Å²) >= 11 is 0. The molecule has 136 valence electrons. The monoisotopic (exact) mass is 355 g/mol. The standard InChI is InChI=1S/C19H21N3O4/c23-18(24)13-26-17-7-3-15(4-8-17)21-19(25)14-1-5-16(6-2-14)22-11-9-20-10-12-22/h1-8,20H,9-13H2,(H,21,25)(H,23,24). The van der Waals surface area contributed by atoms with E-state index in [1.165, 1.54) is 0 Å². The van der Waals surface area contributed by atoms with Crippen molar-refractivity contribution in [2.75, 3.05) is 43.0 Å². The van der Waals surface area contributed by atoms with Crippen molar-refractivity contribution in [2.24, 2.45) is 0 Å². The molecule has 1 aliphatic heterocycles. The van der Waals surface area contributed by atoms with E-state index in [2.05, 4.69) is 15.5 Å². The van der Waals surface area contributed by atoms with E-state index >= 15 is 0 Å². The molecule has 0 atom stereocenters. The molecule has 2 aromatic carbocycles. The highest BCUT2D eigenvalue weighted by Gasteiger charge is 2.12. The number of rotatable bonds is 6. The second-order valence-corrected chi connectivity index (χ2v) is 5.94. The minimum Gasteiger partial charge on any atom is -0.482 e. The normalized spacial score (nSPS) is 13.9. The van der Waals surface area contributed by atoms with Crippen LogP contribution in [-0.2, 0) is 4.79 Å². The Hall–Kier alpha value is -3.06. The van der Waals surface area contributed by atoms with E-state index in [1.807, 2.05) is 24.3 Å². The van der Waals surface area contributed by atoms with Gasteiger partial charge in [-0.2, -0.15) is 0 Å². The molecule has 3 N–H and O–H groups in total. The van der Waals surface area contributed by atoms with Crippen LogP contribution in [0.5, 0.6) is 5.75 Å². The van der Waals surface area contributed by atoms with Crippen molar-refractivity contribution in [2.45, 2.75) is 0 Å². The van der Waals surface area contributed by atoms with Gasteiger partial charge in [0.1, 0.15) is 5.75 Å². The molecule has 0 unspecified atom stereocenters. The highest BCUT2D eigenvalue weighted by Crippen LogP contribution is 2.19. The number of benzene rings is 2. The number of piperazine rings is 1. The summed E-state index contributed by atoms with van der Waals surface area (Å²) in [6.07, 6.45) is 0. The van der Waals surface area contributed by atoms with Crippen LogP contribution in [0.2, 0.25) is 0 Å². The largest absolute Gasteiger partial charge is 0.482 e. The molecule has 1 saturated heterocycles. The molecule has 1 heterocycles. The zero-order chi connectivity index (χ0) is 18.4. The maximum atomic E-state index is 12.4. The molecule has 0 aromatic heterocycles. The van der Waals surface area contributed by atoms with E-state index in [0.29, 0.717) is 17.0 Å². The zero-order valence-corrected chi connectivity index (χ0v) is 14.3. The van der Waals surface area contributed by atoms with Gasteiger partial charge in [0.15, 0.2) is 6.61 Å². The Morgan fingerprint density at radius 3 is 2.31 bits per heavy atom. The van der Waals surface area contributed by atoms with Crippen LogP contribution in [0.25, 0.3) is 0 Å². The van der Waals surface area contributed by atoms with Crippen molar-refractivity contribution in [3.8, 4) is 5.75 Å². The van der Waals surface area contributed by atoms with Gasteiger partial charge in [-0.3, -0.25) is 4.79 Å². The van der Waals surface area contributed by atoms with Gasteiger partial charge in [-0.25, -0.2) is 4.79 Å². The summed E-state index contributed by atoms with van der Waals surface area (Å²) < 4.78 is 5.06. The van der Waals surface area contributed by atoms with Crippen molar-refractivity contribution < 1.29 is 19.4 Å². The van der Waals surface area contributed by atoms with Gasteiger partial charge in [-0.15, -0.1) is 0 Å². The Bertz CT molecular complexity index is 753. The Morgan fingerprint density at radius 1 is 1.04 bits per heavy atom. The van der Waals surface area contributed by atoms with Gasteiger partial charge >= 0.3 is 5.97 Å². The molecular weight excluding hydrogens is 334 g/mol. The predicted octanol–water partition coefficient (Wildman–Crippen LogP) is 1.81. The van der Waals surface area contributed by atoms with E-state index in [-0.39, 0.29) is 5.91 Å². The van der Waals surface area contributed by atoms with E-state index in [1.54, 1.807) is 24.3 Å². The number of hydrogen-bond donors (Lipinski definition) is 3. The molecule has 7 heteroatoms. The molecule has 0 radical (unpaired) electrons. The highest BCUT2D eigenvalue weighted by atomic mass is 16.5. The van der Waals surface area contributed by atoms with Crippen LogP contribution in [0.4, 0.5) is 11.4 Å². The second kappa shape index (κ2) is 8.35. The van der Waals surface area contributed by atoms with Gasteiger partial charge in [-0.05, 0) is 48.5 Å². The minimum atomic E-state index is -1.04. The molecule has 1 aliphatic rings. The van der Waals surface area contributed by atoms with Crippen molar-refractivity contribution in [3.05, 3.63) is 54.1 Å². The van der Waals surface area contributed by atoms with Crippen LogP contribution in [0.1, 0.15) is 10.4 Å². The van der Waals surface area contributed by atoms with Crippen molar-refractivity contribution in [1.82, 2.24) is 5.32 Å². The quantitative estimate of drug-likeness (QED) is 0.732.